The number of carbonyl (C=O) groups is 3. The van der Waals surface area contributed by atoms with Gasteiger partial charge in [-0.25, -0.2) is 4.79 Å². The first kappa shape index (κ1) is 25.1. The molecule has 0 saturated heterocycles. The van der Waals surface area contributed by atoms with Crippen molar-refractivity contribution >= 4 is 29.0 Å². The van der Waals surface area contributed by atoms with Gasteiger partial charge in [-0.1, -0.05) is 6.07 Å². The second kappa shape index (κ2) is 10.2. The maximum absolute atomic E-state index is 12.4. The number of amides is 1. The number of aliphatic carboxylic acids is 1. The Hall–Kier alpha value is -2.96. The summed E-state index contributed by atoms with van der Waals surface area (Å²) in [5.41, 5.74) is 0.811. The van der Waals surface area contributed by atoms with E-state index in [1.807, 2.05) is 12.1 Å². The summed E-state index contributed by atoms with van der Waals surface area (Å²) >= 11 is 0.550. The van der Waals surface area contributed by atoms with E-state index in [4.69, 9.17) is 9.90 Å². The number of hydrogen-bond acceptors (Lipinski definition) is 5. The molecule has 0 spiro atoms. The Morgan fingerprint density at radius 2 is 1.57 bits per heavy atom. The first-order chi connectivity index (χ1) is 13.7. The maximum atomic E-state index is 12.4. The van der Waals surface area contributed by atoms with Crippen LogP contribution in [0.15, 0.2) is 36.5 Å². The number of ketones is 1. The van der Waals surface area contributed by atoms with Gasteiger partial charge in [-0.05, 0) is 24.3 Å². The van der Waals surface area contributed by atoms with E-state index in [0.717, 1.165) is 11.8 Å². The number of alkyl halides is 6. The molecule has 0 bridgehead atoms. The SMILES string of the molecule is CN(CCc1ccccn1)C(=O)c1ccc(C(=O)C(F)(F)F)s1.O=C(O)C(F)(F)F. The van der Waals surface area contributed by atoms with E-state index >= 15 is 0 Å². The lowest BCUT2D eigenvalue weighted by Gasteiger charge is -2.15. The number of rotatable bonds is 5. The molecule has 30 heavy (non-hydrogen) atoms. The predicted octanol–water partition coefficient (Wildman–Crippen LogP) is 3.84. The number of carboxylic acid groups (broad SMARTS) is 1. The summed E-state index contributed by atoms with van der Waals surface area (Å²) in [6, 6.07) is 7.70. The lowest BCUT2D eigenvalue weighted by atomic mass is 10.2. The molecule has 6 nitrogen and oxygen atoms in total. The van der Waals surface area contributed by atoms with Crippen molar-refractivity contribution in [2.45, 2.75) is 18.8 Å². The summed E-state index contributed by atoms with van der Waals surface area (Å²) < 4.78 is 68.8. The number of likely N-dealkylation sites (N-methyl/N-ethyl adjacent to an activating group) is 1. The van der Waals surface area contributed by atoms with Gasteiger partial charge in [0.1, 0.15) is 0 Å². The fourth-order valence-electron chi connectivity index (χ4n) is 1.83. The van der Waals surface area contributed by atoms with E-state index in [9.17, 15) is 35.9 Å². The number of halogens is 6. The zero-order valence-corrected chi connectivity index (χ0v) is 15.9. The Morgan fingerprint density at radius 3 is 2.03 bits per heavy atom. The van der Waals surface area contributed by atoms with Gasteiger partial charge in [-0.3, -0.25) is 14.6 Å². The first-order valence-corrected chi connectivity index (χ1v) is 8.72. The molecular weight excluding hydrogens is 442 g/mol. The standard InChI is InChI=1S/C15H13F3N2O2S.C2HF3O2/c1-20(9-7-10-4-2-3-8-19-10)14(22)12-6-5-11(23-12)13(21)15(16,17)18;3-2(4,5)1(6)7/h2-6,8H,7,9H2,1H3;(H,6,7). The quantitative estimate of drug-likeness (QED) is 0.546. The number of aromatic nitrogens is 1. The highest BCUT2D eigenvalue weighted by Crippen LogP contribution is 2.27. The fraction of sp³-hybridized carbons (Fsp3) is 0.294. The molecule has 0 aliphatic rings. The molecule has 0 saturated carbocycles. The molecule has 2 heterocycles. The molecule has 0 aromatic carbocycles. The van der Waals surface area contributed by atoms with Crippen LogP contribution in [0.25, 0.3) is 0 Å². The summed E-state index contributed by atoms with van der Waals surface area (Å²) in [5.74, 6) is -5.11. The third-order valence-corrected chi connectivity index (χ3v) is 4.39. The van der Waals surface area contributed by atoms with Gasteiger partial charge >= 0.3 is 18.3 Å². The molecule has 0 fully saturated rings. The lowest BCUT2D eigenvalue weighted by Crippen LogP contribution is -2.28. The summed E-state index contributed by atoms with van der Waals surface area (Å²) in [7, 11) is 1.55. The number of thiophene rings is 1. The Morgan fingerprint density at radius 1 is 1.00 bits per heavy atom. The summed E-state index contributed by atoms with van der Waals surface area (Å²) in [5, 5.41) is 7.12. The first-order valence-electron chi connectivity index (χ1n) is 7.90. The second-order valence-corrected chi connectivity index (χ2v) is 6.68. The van der Waals surface area contributed by atoms with Crippen LogP contribution >= 0.6 is 11.3 Å². The molecule has 0 unspecified atom stereocenters. The number of hydrogen-bond donors (Lipinski definition) is 1. The minimum atomic E-state index is -5.08. The smallest absolute Gasteiger partial charge is 0.475 e. The van der Waals surface area contributed by atoms with Gasteiger partial charge in [0.05, 0.1) is 9.75 Å². The van der Waals surface area contributed by atoms with E-state index < -0.39 is 34.9 Å². The van der Waals surface area contributed by atoms with Crippen molar-refractivity contribution in [3.8, 4) is 0 Å². The van der Waals surface area contributed by atoms with Crippen LogP contribution in [-0.2, 0) is 11.2 Å². The van der Waals surface area contributed by atoms with Crippen LogP contribution in [0.4, 0.5) is 26.3 Å². The minimum Gasteiger partial charge on any atom is -0.475 e. The van der Waals surface area contributed by atoms with Crippen LogP contribution in [0.3, 0.4) is 0 Å². The third-order valence-electron chi connectivity index (χ3n) is 3.32. The van der Waals surface area contributed by atoms with Crippen molar-refractivity contribution in [2.75, 3.05) is 13.6 Å². The molecule has 0 aliphatic heterocycles. The van der Waals surface area contributed by atoms with Gasteiger partial charge in [-0.2, -0.15) is 26.3 Å². The summed E-state index contributed by atoms with van der Waals surface area (Å²) in [6.45, 7) is 0.371. The highest BCUT2D eigenvalue weighted by molar-refractivity contribution is 7.16. The zero-order valence-electron chi connectivity index (χ0n) is 15.1. The van der Waals surface area contributed by atoms with Gasteiger partial charge in [0.25, 0.3) is 11.7 Å². The number of carbonyl (C=O) groups excluding carboxylic acids is 2. The van der Waals surface area contributed by atoms with Crippen LogP contribution in [0.5, 0.6) is 0 Å². The molecule has 2 aromatic rings. The predicted molar refractivity (Wildman–Crippen MR) is 93.3 cm³/mol. The second-order valence-electron chi connectivity index (χ2n) is 5.59. The summed E-state index contributed by atoms with van der Waals surface area (Å²) in [4.78, 5) is 37.3. The van der Waals surface area contributed by atoms with Gasteiger partial charge in [0.15, 0.2) is 0 Å². The highest BCUT2D eigenvalue weighted by atomic mass is 32.1. The highest BCUT2D eigenvalue weighted by Gasteiger charge is 2.40. The molecule has 2 rings (SSSR count). The third kappa shape index (κ3) is 7.81. The van der Waals surface area contributed by atoms with Gasteiger partial charge in [-0.15, -0.1) is 11.3 Å². The van der Waals surface area contributed by atoms with E-state index in [1.54, 1.807) is 19.3 Å². The fourth-order valence-corrected chi connectivity index (χ4v) is 2.79. The monoisotopic (exact) mass is 456 g/mol. The van der Waals surface area contributed by atoms with Gasteiger partial charge < -0.3 is 10.0 Å². The molecule has 0 radical (unpaired) electrons. The normalized spacial score (nSPS) is 11.3. The van der Waals surface area contributed by atoms with E-state index in [0.29, 0.717) is 24.3 Å². The maximum Gasteiger partial charge on any atom is 0.490 e. The van der Waals surface area contributed by atoms with Crippen LogP contribution in [0, 0.1) is 0 Å². The molecule has 164 valence electrons. The molecule has 0 atom stereocenters. The molecule has 0 aliphatic carbocycles. The Bertz CT molecular complexity index is 880. The van der Waals surface area contributed by atoms with Gasteiger partial charge in [0, 0.05) is 31.9 Å². The van der Waals surface area contributed by atoms with Crippen molar-refractivity contribution in [3.05, 3.63) is 52.0 Å². The number of nitrogens with zero attached hydrogens (tertiary/aromatic N) is 2. The summed E-state index contributed by atoms with van der Waals surface area (Å²) in [6.07, 6.45) is -7.84. The van der Waals surface area contributed by atoms with Crippen molar-refractivity contribution < 1.29 is 45.8 Å². The average molecular weight is 456 g/mol. The molecule has 1 amide bonds. The number of pyridine rings is 1. The lowest BCUT2D eigenvalue weighted by molar-refractivity contribution is -0.192. The van der Waals surface area contributed by atoms with Crippen LogP contribution in [-0.4, -0.2) is 58.6 Å². The van der Waals surface area contributed by atoms with Crippen molar-refractivity contribution in [3.63, 3.8) is 0 Å². The Labute approximate surface area is 169 Å². The topological polar surface area (TPSA) is 87.6 Å². The Balaban J connectivity index is 0.000000553. The van der Waals surface area contributed by atoms with Gasteiger partial charge in [0.2, 0.25) is 0 Å². The molecule has 13 heteroatoms. The van der Waals surface area contributed by atoms with E-state index in [1.165, 1.54) is 11.0 Å². The van der Waals surface area contributed by atoms with E-state index in [2.05, 4.69) is 4.98 Å². The van der Waals surface area contributed by atoms with Crippen molar-refractivity contribution in [1.29, 1.82) is 0 Å². The minimum absolute atomic E-state index is 0.0983. The molecule has 2 aromatic heterocycles. The molecule has 1 N–H and O–H groups in total. The largest absolute Gasteiger partial charge is 0.490 e. The van der Waals surface area contributed by atoms with Crippen molar-refractivity contribution in [2.24, 2.45) is 0 Å². The van der Waals surface area contributed by atoms with Crippen LogP contribution in [0.2, 0.25) is 0 Å². The van der Waals surface area contributed by atoms with E-state index in [-0.39, 0.29) is 4.88 Å². The molecular formula is C17H14F6N2O4S. The van der Waals surface area contributed by atoms with Crippen LogP contribution < -0.4 is 0 Å². The number of Topliss-reactive ketones (excluding diaryl/α,β-unsaturated/α-hetero) is 1. The van der Waals surface area contributed by atoms with Crippen molar-refractivity contribution in [1.82, 2.24) is 9.88 Å². The average Bonchev–Trinajstić information content (AvgIpc) is 3.14. The number of carboxylic acids is 1. The Kier molecular flexibility index (Phi) is 8.51. The zero-order chi connectivity index (χ0) is 23.1. The van der Waals surface area contributed by atoms with Crippen LogP contribution in [0.1, 0.15) is 25.0 Å².